The molecule has 1 unspecified atom stereocenters. The maximum absolute atomic E-state index is 13.8. The summed E-state index contributed by atoms with van der Waals surface area (Å²) >= 11 is 1.53. The molecule has 1 aromatic carbocycles. The van der Waals surface area contributed by atoms with Crippen LogP contribution < -0.4 is 5.32 Å². The molecule has 0 saturated carbocycles. The lowest BCUT2D eigenvalue weighted by molar-refractivity contribution is 0.630. The van der Waals surface area contributed by atoms with E-state index in [-0.39, 0.29) is 11.9 Å². The van der Waals surface area contributed by atoms with E-state index in [2.05, 4.69) is 17.2 Å². The van der Waals surface area contributed by atoms with E-state index in [1.807, 2.05) is 20.0 Å². The molecule has 0 aliphatic heterocycles. The molecule has 2 rings (SSSR count). The molecule has 17 heavy (non-hydrogen) atoms. The van der Waals surface area contributed by atoms with Crippen LogP contribution in [0.4, 0.5) is 4.39 Å². The minimum Gasteiger partial charge on any atom is -0.312 e. The zero-order chi connectivity index (χ0) is 12.4. The van der Waals surface area contributed by atoms with Crippen molar-refractivity contribution in [2.45, 2.75) is 19.9 Å². The summed E-state index contributed by atoms with van der Waals surface area (Å²) in [7, 11) is 1.90. The topological polar surface area (TPSA) is 24.9 Å². The van der Waals surface area contributed by atoms with Crippen LogP contribution in [0.15, 0.2) is 24.4 Å². The van der Waals surface area contributed by atoms with Gasteiger partial charge in [-0.15, -0.1) is 11.3 Å². The van der Waals surface area contributed by atoms with Crippen LogP contribution >= 0.6 is 11.3 Å². The Morgan fingerprint density at radius 3 is 2.82 bits per heavy atom. The van der Waals surface area contributed by atoms with Crippen LogP contribution in [-0.2, 0) is 0 Å². The highest BCUT2D eigenvalue weighted by molar-refractivity contribution is 7.15. The van der Waals surface area contributed by atoms with Gasteiger partial charge in [-0.05, 0) is 38.6 Å². The molecule has 90 valence electrons. The molecule has 0 radical (unpaired) electrons. The summed E-state index contributed by atoms with van der Waals surface area (Å²) in [6.07, 6.45) is 1.81. The molecular formula is C13H15FN2S. The number of benzene rings is 1. The standard InChI is InChI=1S/C13H15FN2S/c1-8-4-5-10(11(14)6-8)13-16-7-12(17-13)9(2)15-3/h4-7,9,15H,1-3H3. The summed E-state index contributed by atoms with van der Waals surface area (Å²) in [5.74, 6) is -0.206. The van der Waals surface area contributed by atoms with Crippen LogP contribution in [-0.4, -0.2) is 12.0 Å². The van der Waals surface area contributed by atoms with E-state index in [4.69, 9.17) is 0 Å². The molecule has 4 heteroatoms. The van der Waals surface area contributed by atoms with Gasteiger partial charge in [0.1, 0.15) is 10.8 Å². The van der Waals surface area contributed by atoms with E-state index < -0.39 is 0 Å². The number of aryl methyl sites for hydroxylation is 1. The third kappa shape index (κ3) is 2.53. The van der Waals surface area contributed by atoms with E-state index in [9.17, 15) is 4.39 Å². The Morgan fingerprint density at radius 2 is 2.18 bits per heavy atom. The van der Waals surface area contributed by atoms with E-state index in [1.54, 1.807) is 12.3 Å². The molecule has 0 amide bonds. The molecular weight excluding hydrogens is 235 g/mol. The second kappa shape index (κ2) is 4.94. The molecule has 0 spiro atoms. The molecule has 0 aliphatic carbocycles. The fraction of sp³-hybridized carbons (Fsp3) is 0.308. The fourth-order valence-corrected chi connectivity index (χ4v) is 2.55. The van der Waals surface area contributed by atoms with Crippen LogP contribution in [0.2, 0.25) is 0 Å². The average molecular weight is 250 g/mol. The number of hydrogen-bond acceptors (Lipinski definition) is 3. The monoisotopic (exact) mass is 250 g/mol. The third-order valence-corrected chi connectivity index (χ3v) is 3.95. The Kier molecular flexibility index (Phi) is 3.54. The highest BCUT2D eigenvalue weighted by atomic mass is 32.1. The number of halogens is 1. The molecule has 2 nitrogen and oxygen atoms in total. The van der Waals surface area contributed by atoms with Gasteiger partial charge in [0.25, 0.3) is 0 Å². The first kappa shape index (κ1) is 12.2. The van der Waals surface area contributed by atoms with Gasteiger partial charge in [0.2, 0.25) is 0 Å². The van der Waals surface area contributed by atoms with Crippen molar-refractivity contribution < 1.29 is 4.39 Å². The highest BCUT2D eigenvalue weighted by Gasteiger charge is 2.12. The van der Waals surface area contributed by atoms with Crippen LogP contribution in [0.1, 0.15) is 23.4 Å². The minimum absolute atomic E-state index is 0.206. The van der Waals surface area contributed by atoms with Crippen molar-refractivity contribution in [3.63, 3.8) is 0 Å². The van der Waals surface area contributed by atoms with Gasteiger partial charge >= 0.3 is 0 Å². The summed E-state index contributed by atoms with van der Waals surface area (Å²) in [6.45, 7) is 3.94. The molecule has 2 aromatic rings. The van der Waals surface area contributed by atoms with Crippen molar-refractivity contribution in [1.29, 1.82) is 0 Å². The Bertz CT molecular complexity index is 522. The summed E-state index contributed by atoms with van der Waals surface area (Å²) in [6, 6.07) is 5.48. The first-order chi connectivity index (χ1) is 8.11. The van der Waals surface area contributed by atoms with Gasteiger partial charge in [-0.2, -0.15) is 0 Å². The molecule has 1 N–H and O–H groups in total. The number of hydrogen-bond donors (Lipinski definition) is 1. The van der Waals surface area contributed by atoms with Gasteiger partial charge in [-0.1, -0.05) is 6.07 Å². The predicted molar refractivity (Wildman–Crippen MR) is 69.7 cm³/mol. The quantitative estimate of drug-likeness (QED) is 0.901. The smallest absolute Gasteiger partial charge is 0.133 e. The van der Waals surface area contributed by atoms with Crippen LogP contribution in [0.3, 0.4) is 0 Å². The van der Waals surface area contributed by atoms with Gasteiger partial charge in [0.05, 0.1) is 0 Å². The second-order valence-corrected chi connectivity index (χ2v) is 5.12. The van der Waals surface area contributed by atoms with E-state index in [0.29, 0.717) is 5.56 Å². The average Bonchev–Trinajstić information content (AvgIpc) is 2.77. The summed E-state index contributed by atoms with van der Waals surface area (Å²) in [5, 5.41) is 3.88. The summed E-state index contributed by atoms with van der Waals surface area (Å²) < 4.78 is 13.8. The van der Waals surface area contributed by atoms with Crippen molar-refractivity contribution in [3.05, 3.63) is 40.7 Å². The number of thiazole rings is 1. The largest absolute Gasteiger partial charge is 0.312 e. The zero-order valence-electron chi connectivity index (χ0n) is 10.1. The number of aromatic nitrogens is 1. The molecule has 1 atom stereocenters. The van der Waals surface area contributed by atoms with Crippen molar-refractivity contribution in [2.24, 2.45) is 0 Å². The van der Waals surface area contributed by atoms with E-state index >= 15 is 0 Å². The third-order valence-electron chi connectivity index (χ3n) is 2.74. The first-order valence-electron chi connectivity index (χ1n) is 5.51. The van der Waals surface area contributed by atoms with Crippen molar-refractivity contribution in [2.75, 3.05) is 7.05 Å². The van der Waals surface area contributed by atoms with Crippen molar-refractivity contribution >= 4 is 11.3 Å². The number of nitrogens with one attached hydrogen (secondary N) is 1. The van der Waals surface area contributed by atoms with Gasteiger partial charge in [0.15, 0.2) is 0 Å². The van der Waals surface area contributed by atoms with Gasteiger partial charge < -0.3 is 5.32 Å². The molecule has 0 aliphatic rings. The Labute approximate surface area is 105 Å². The Balaban J connectivity index is 2.37. The molecule has 0 bridgehead atoms. The number of rotatable bonds is 3. The van der Waals surface area contributed by atoms with E-state index in [1.165, 1.54) is 17.4 Å². The SMILES string of the molecule is CNC(C)c1cnc(-c2ccc(C)cc2F)s1. The second-order valence-electron chi connectivity index (χ2n) is 4.06. The lowest BCUT2D eigenvalue weighted by atomic mass is 10.1. The first-order valence-corrected chi connectivity index (χ1v) is 6.33. The Morgan fingerprint density at radius 1 is 1.41 bits per heavy atom. The maximum Gasteiger partial charge on any atom is 0.133 e. The molecule has 1 aromatic heterocycles. The van der Waals surface area contributed by atoms with Crippen LogP contribution in [0.25, 0.3) is 10.6 Å². The zero-order valence-corrected chi connectivity index (χ0v) is 10.9. The lowest BCUT2D eigenvalue weighted by Gasteiger charge is -2.05. The van der Waals surface area contributed by atoms with Gasteiger partial charge in [-0.25, -0.2) is 9.37 Å². The molecule has 1 heterocycles. The van der Waals surface area contributed by atoms with Crippen LogP contribution in [0, 0.1) is 12.7 Å². The van der Waals surface area contributed by atoms with Crippen molar-refractivity contribution in [3.8, 4) is 10.6 Å². The highest BCUT2D eigenvalue weighted by Crippen LogP contribution is 2.30. The molecule has 0 fully saturated rings. The summed E-state index contributed by atoms with van der Waals surface area (Å²) in [5.41, 5.74) is 1.50. The lowest BCUT2D eigenvalue weighted by Crippen LogP contribution is -2.10. The predicted octanol–water partition coefficient (Wildman–Crippen LogP) is 3.54. The van der Waals surface area contributed by atoms with Gasteiger partial charge in [-0.3, -0.25) is 0 Å². The van der Waals surface area contributed by atoms with Gasteiger partial charge in [0, 0.05) is 22.7 Å². The fourth-order valence-electron chi connectivity index (χ4n) is 1.55. The van der Waals surface area contributed by atoms with Crippen LogP contribution in [0.5, 0.6) is 0 Å². The number of nitrogens with zero attached hydrogens (tertiary/aromatic N) is 1. The summed E-state index contributed by atoms with van der Waals surface area (Å²) in [4.78, 5) is 5.40. The maximum atomic E-state index is 13.8. The molecule has 0 saturated heterocycles. The minimum atomic E-state index is -0.206. The van der Waals surface area contributed by atoms with Crippen molar-refractivity contribution in [1.82, 2.24) is 10.3 Å². The van der Waals surface area contributed by atoms with E-state index in [0.717, 1.165) is 15.4 Å². The normalized spacial score (nSPS) is 12.7. The Hall–Kier alpha value is -1.26.